The fourth-order valence-corrected chi connectivity index (χ4v) is 2.70. The summed E-state index contributed by atoms with van der Waals surface area (Å²) in [5.41, 5.74) is 0.758. The molecule has 0 aliphatic heterocycles. The van der Waals surface area contributed by atoms with Gasteiger partial charge in [0.05, 0.1) is 12.9 Å². The Hall–Kier alpha value is -1.96. The van der Waals surface area contributed by atoms with Crippen molar-refractivity contribution in [3.05, 3.63) is 23.8 Å². The Morgan fingerprint density at radius 3 is 2.44 bits per heavy atom. The molecule has 1 unspecified atom stereocenters. The minimum Gasteiger partial charge on any atom is -0.493 e. The molecule has 25 heavy (non-hydrogen) atoms. The van der Waals surface area contributed by atoms with Crippen molar-refractivity contribution in [2.45, 2.75) is 46.7 Å². The second kappa shape index (κ2) is 9.50. The molecule has 0 aliphatic rings. The van der Waals surface area contributed by atoms with Gasteiger partial charge in [0.2, 0.25) is 0 Å². The number of nitrogens with zero attached hydrogens (tertiary/aromatic N) is 1. The van der Waals surface area contributed by atoms with Crippen molar-refractivity contribution >= 4 is 16.1 Å². The van der Waals surface area contributed by atoms with E-state index in [-0.39, 0.29) is 23.6 Å². The molecule has 0 saturated heterocycles. The lowest BCUT2D eigenvalue weighted by molar-refractivity contribution is 0.174. The van der Waals surface area contributed by atoms with E-state index in [1.54, 1.807) is 23.1 Å². The number of methoxy groups -OCH3 is 1. The smallest absolute Gasteiger partial charge is 0.317 e. The molecule has 1 rings (SSSR count). The van der Waals surface area contributed by atoms with Gasteiger partial charge >= 0.3 is 16.1 Å². The van der Waals surface area contributed by atoms with Gasteiger partial charge in [0.1, 0.15) is 0 Å². The first-order chi connectivity index (χ1) is 11.8. The molecule has 7 nitrogen and oxygen atoms in total. The van der Waals surface area contributed by atoms with E-state index in [2.05, 4.69) is 5.32 Å². The zero-order valence-electron chi connectivity index (χ0n) is 15.5. The van der Waals surface area contributed by atoms with Crippen LogP contribution in [0.5, 0.6) is 11.5 Å². The normalized spacial score (nSPS) is 12.4. The van der Waals surface area contributed by atoms with E-state index in [0.29, 0.717) is 18.8 Å². The van der Waals surface area contributed by atoms with Crippen LogP contribution < -0.4 is 14.2 Å². The number of rotatable bonds is 9. The third-order valence-corrected chi connectivity index (χ3v) is 5.00. The SMILES string of the molecule is CCNC(=O)N(Cc1ccc(OC)c(OS(=O)(=O)CC)c1)C(C)CC. The molecule has 0 fully saturated rings. The van der Waals surface area contributed by atoms with Crippen LogP contribution in [0.1, 0.15) is 39.7 Å². The molecule has 1 aromatic rings. The summed E-state index contributed by atoms with van der Waals surface area (Å²) in [6, 6.07) is 4.91. The van der Waals surface area contributed by atoms with Crippen LogP contribution in [0, 0.1) is 0 Å². The van der Waals surface area contributed by atoms with Crippen molar-refractivity contribution in [1.29, 1.82) is 0 Å². The number of carbonyl (C=O) groups excluding carboxylic acids is 1. The van der Waals surface area contributed by atoms with Crippen LogP contribution in [0.15, 0.2) is 18.2 Å². The van der Waals surface area contributed by atoms with Gasteiger partial charge in [0, 0.05) is 19.1 Å². The standard InChI is InChI=1S/C17H28N2O5S/c1-6-13(4)19(17(20)18-7-2)12-14-9-10-15(23-5)16(11-14)24-25(21,22)8-3/h9-11,13H,6-8,12H2,1-5H3,(H,18,20). The molecule has 8 heteroatoms. The van der Waals surface area contributed by atoms with Crippen LogP contribution in [0.25, 0.3) is 0 Å². The van der Waals surface area contributed by atoms with Crippen LogP contribution in [0.2, 0.25) is 0 Å². The Balaban J connectivity index is 3.12. The summed E-state index contributed by atoms with van der Waals surface area (Å²) in [4.78, 5) is 14.0. The Kier molecular flexibility index (Phi) is 8.02. The molecule has 0 bridgehead atoms. The Morgan fingerprint density at radius 1 is 1.24 bits per heavy atom. The summed E-state index contributed by atoms with van der Waals surface area (Å²) in [5, 5.41) is 2.80. The van der Waals surface area contributed by atoms with Crippen LogP contribution in [0.3, 0.4) is 0 Å². The van der Waals surface area contributed by atoms with Gasteiger partial charge in [-0.1, -0.05) is 13.0 Å². The lowest BCUT2D eigenvalue weighted by Crippen LogP contribution is -2.44. The summed E-state index contributed by atoms with van der Waals surface area (Å²) in [7, 11) is -2.22. The first-order valence-electron chi connectivity index (χ1n) is 8.41. The van der Waals surface area contributed by atoms with Crippen molar-refractivity contribution in [3.8, 4) is 11.5 Å². The van der Waals surface area contributed by atoms with Gasteiger partial charge in [-0.2, -0.15) is 8.42 Å². The van der Waals surface area contributed by atoms with E-state index >= 15 is 0 Å². The minimum absolute atomic E-state index is 0.0393. The van der Waals surface area contributed by atoms with Gasteiger partial charge in [-0.25, -0.2) is 4.79 Å². The van der Waals surface area contributed by atoms with Crippen molar-refractivity contribution in [2.75, 3.05) is 19.4 Å². The molecule has 0 aromatic heterocycles. The summed E-state index contributed by atoms with van der Waals surface area (Å²) in [6.45, 7) is 8.23. The van der Waals surface area contributed by atoms with Crippen molar-refractivity contribution in [2.24, 2.45) is 0 Å². The number of amides is 2. The number of hydrogen-bond donors (Lipinski definition) is 1. The van der Waals surface area contributed by atoms with Crippen LogP contribution in [-0.4, -0.2) is 44.8 Å². The highest BCUT2D eigenvalue weighted by atomic mass is 32.2. The van der Waals surface area contributed by atoms with Gasteiger partial charge in [0.15, 0.2) is 11.5 Å². The van der Waals surface area contributed by atoms with E-state index in [1.165, 1.54) is 14.0 Å². The summed E-state index contributed by atoms with van der Waals surface area (Å²) in [5.74, 6) is 0.314. The molecular weight excluding hydrogens is 344 g/mol. The third kappa shape index (κ3) is 6.12. The molecule has 0 radical (unpaired) electrons. The van der Waals surface area contributed by atoms with Gasteiger partial charge < -0.3 is 19.1 Å². The van der Waals surface area contributed by atoms with Crippen LogP contribution >= 0.6 is 0 Å². The minimum atomic E-state index is -3.67. The third-order valence-electron chi connectivity index (χ3n) is 3.86. The quantitative estimate of drug-likeness (QED) is 0.674. The maximum absolute atomic E-state index is 12.3. The lowest BCUT2D eigenvalue weighted by atomic mass is 10.1. The van der Waals surface area contributed by atoms with Gasteiger partial charge in [-0.3, -0.25) is 0 Å². The first-order valence-corrected chi connectivity index (χ1v) is 9.99. The highest BCUT2D eigenvalue weighted by Gasteiger charge is 2.20. The molecule has 1 aromatic carbocycles. The van der Waals surface area contributed by atoms with Crippen molar-refractivity contribution in [1.82, 2.24) is 10.2 Å². The lowest BCUT2D eigenvalue weighted by Gasteiger charge is -2.29. The molecular formula is C17H28N2O5S. The van der Waals surface area contributed by atoms with Gasteiger partial charge in [0.25, 0.3) is 0 Å². The molecule has 1 N–H and O–H groups in total. The van der Waals surface area contributed by atoms with Crippen LogP contribution in [-0.2, 0) is 16.7 Å². The number of carbonyl (C=O) groups is 1. The highest BCUT2D eigenvalue weighted by Crippen LogP contribution is 2.30. The van der Waals surface area contributed by atoms with E-state index in [1.807, 2.05) is 20.8 Å². The van der Waals surface area contributed by atoms with Gasteiger partial charge in [-0.15, -0.1) is 0 Å². The molecule has 0 saturated carbocycles. The number of ether oxygens (including phenoxy) is 1. The number of benzene rings is 1. The van der Waals surface area contributed by atoms with Crippen molar-refractivity contribution in [3.63, 3.8) is 0 Å². The molecule has 142 valence electrons. The fourth-order valence-electron chi connectivity index (χ4n) is 2.18. The molecule has 1 atom stereocenters. The zero-order chi connectivity index (χ0) is 19.0. The average molecular weight is 372 g/mol. The largest absolute Gasteiger partial charge is 0.493 e. The molecule has 0 heterocycles. The number of hydrogen-bond acceptors (Lipinski definition) is 5. The predicted octanol–water partition coefficient (Wildman–Crippen LogP) is 2.75. The zero-order valence-corrected chi connectivity index (χ0v) is 16.4. The second-order valence-corrected chi connectivity index (χ2v) is 7.49. The Bertz CT molecular complexity index is 676. The monoisotopic (exact) mass is 372 g/mol. The van der Waals surface area contributed by atoms with E-state index in [0.717, 1.165) is 12.0 Å². The number of nitrogens with one attached hydrogen (secondary N) is 1. The molecule has 0 spiro atoms. The average Bonchev–Trinajstić information content (AvgIpc) is 2.59. The highest BCUT2D eigenvalue weighted by molar-refractivity contribution is 7.87. The van der Waals surface area contributed by atoms with Crippen LogP contribution in [0.4, 0.5) is 4.79 Å². The fraction of sp³-hybridized carbons (Fsp3) is 0.588. The Morgan fingerprint density at radius 2 is 1.92 bits per heavy atom. The van der Waals surface area contributed by atoms with E-state index < -0.39 is 10.1 Å². The molecule has 2 amide bonds. The summed E-state index contributed by atoms with van der Waals surface area (Å²) < 4.78 is 33.8. The summed E-state index contributed by atoms with van der Waals surface area (Å²) in [6.07, 6.45) is 0.806. The van der Waals surface area contributed by atoms with Crippen molar-refractivity contribution < 1.29 is 22.1 Å². The van der Waals surface area contributed by atoms with E-state index in [9.17, 15) is 13.2 Å². The second-order valence-electron chi connectivity index (χ2n) is 5.64. The predicted molar refractivity (Wildman–Crippen MR) is 97.5 cm³/mol. The first kappa shape index (κ1) is 21.1. The maximum Gasteiger partial charge on any atom is 0.317 e. The Labute approximate surface area is 150 Å². The molecule has 0 aliphatic carbocycles. The number of urea groups is 1. The van der Waals surface area contributed by atoms with Gasteiger partial charge in [-0.05, 0) is 44.9 Å². The topological polar surface area (TPSA) is 84.9 Å². The summed E-state index contributed by atoms with van der Waals surface area (Å²) >= 11 is 0. The van der Waals surface area contributed by atoms with E-state index in [4.69, 9.17) is 8.92 Å². The maximum atomic E-state index is 12.3.